The van der Waals surface area contributed by atoms with Gasteiger partial charge in [-0.2, -0.15) is 0 Å². The Balaban J connectivity index is 0. The van der Waals surface area contributed by atoms with E-state index in [1.165, 1.54) is 0 Å². The van der Waals surface area contributed by atoms with E-state index in [0.29, 0.717) is 12.2 Å². The molecule has 0 aliphatic rings. The topological polar surface area (TPSA) is 80.3 Å². The first kappa shape index (κ1) is 11.7. The molecule has 0 aliphatic heterocycles. The van der Waals surface area contributed by atoms with E-state index in [-0.39, 0.29) is 37.7 Å². The monoisotopic (exact) mass is 154 g/mol. The van der Waals surface area contributed by atoms with Crippen molar-refractivity contribution in [1.29, 1.82) is 0 Å². The Bertz CT molecular complexity index is 124. The van der Waals surface area contributed by atoms with Crippen molar-refractivity contribution in [2.24, 2.45) is 0 Å². The number of rotatable bonds is 2. The molecule has 0 aromatic heterocycles. The summed E-state index contributed by atoms with van der Waals surface area (Å²) in [5.74, 6) is -3.09. The van der Waals surface area contributed by atoms with Gasteiger partial charge in [0.2, 0.25) is 0 Å². The number of aliphatic carboxylic acids is 2. The summed E-state index contributed by atoms with van der Waals surface area (Å²) < 4.78 is 0. The van der Waals surface area contributed by atoms with Gasteiger partial charge in [-0.3, -0.25) is 0 Å². The SMILES string of the molecule is O=C([O-])/C=C/C(=O)[O-].[Ca]. The summed E-state index contributed by atoms with van der Waals surface area (Å²) >= 11 is 0. The summed E-state index contributed by atoms with van der Waals surface area (Å²) in [6.45, 7) is 0. The number of carboxylic acid groups (broad SMARTS) is 2. The van der Waals surface area contributed by atoms with Crippen LogP contribution in [0.15, 0.2) is 12.2 Å². The zero-order valence-corrected chi connectivity index (χ0v) is 6.70. The Morgan fingerprint density at radius 2 is 1.22 bits per heavy atom. The van der Waals surface area contributed by atoms with Crippen LogP contribution in [0.3, 0.4) is 0 Å². The van der Waals surface area contributed by atoms with Crippen molar-refractivity contribution in [2.45, 2.75) is 0 Å². The second kappa shape index (κ2) is 6.07. The molecule has 0 spiro atoms. The standard InChI is InChI=1S/C4H4O4.Ca/c5-3(6)1-2-4(7)8;/h1-2H,(H,5,6)(H,7,8);/p-2/b2-1+;. The molecule has 0 saturated carbocycles. The zero-order chi connectivity index (χ0) is 6.57. The van der Waals surface area contributed by atoms with Crippen LogP contribution in [0.1, 0.15) is 0 Å². The minimum Gasteiger partial charge on any atom is -0.545 e. The van der Waals surface area contributed by atoms with Gasteiger partial charge < -0.3 is 19.8 Å². The Hall–Kier alpha value is -0.0603. The van der Waals surface area contributed by atoms with E-state index >= 15 is 0 Å². The Morgan fingerprint density at radius 3 is 1.33 bits per heavy atom. The normalized spacial score (nSPS) is 8.44. The van der Waals surface area contributed by atoms with Crippen LogP contribution in [-0.2, 0) is 9.59 Å². The van der Waals surface area contributed by atoms with Crippen molar-refractivity contribution in [1.82, 2.24) is 0 Å². The molecule has 0 atom stereocenters. The number of carbonyl (C=O) groups is 2. The molecule has 0 N–H and O–H groups in total. The van der Waals surface area contributed by atoms with Crippen molar-refractivity contribution in [3.8, 4) is 0 Å². The molecule has 2 radical (unpaired) electrons. The van der Waals surface area contributed by atoms with E-state index in [2.05, 4.69) is 0 Å². The Kier molecular flexibility index (Phi) is 7.89. The summed E-state index contributed by atoms with van der Waals surface area (Å²) in [5, 5.41) is 18.8. The summed E-state index contributed by atoms with van der Waals surface area (Å²) in [6.07, 6.45) is 0.769. The molecule has 46 valence electrons. The van der Waals surface area contributed by atoms with Crippen LogP contribution in [0, 0.1) is 0 Å². The van der Waals surface area contributed by atoms with E-state index in [1.54, 1.807) is 0 Å². The molecule has 4 nitrogen and oxygen atoms in total. The smallest absolute Gasteiger partial charge is 0.0643 e. The molecular formula is C4H2CaO4-2. The predicted octanol–water partition coefficient (Wildman–Crippen LogP) is -3.34. The summed E-state index contributed by atoms with van der Waals surface area (Å²) in [5.41, 5.74) is 0. The van der Waals surface area contributed by atoms with Gasteiger partial charge in [-0.15, -0.1) is 0 Å². The maximum Gasteiger partial charge on any atom is 0.0643 e. The molecule has 0 heterocycles. The van der Waals surface area contributed by atoms with Gasteiger partial charge in [0.1, 0.15) is 0 Å². The van der Waals surface area contributed by atoms with Crippen LogP contribution in [0.5, 0.6) is 0 Å². The minimum absolute atomic E-state index is 0. The molecule has 0 rings (SSSR count). The van der Waals surface area contributed by atoms with Gasteiger partial charge in [-0.25, -0.2) is 0 Å². The Morgan fingerprint density at radius 1 is 1.00 bits per heavy atom. The molecule has 9 heavy (non-hydrogen) atoms. The summed E-state index contributed by atoms with van der Waals surface area (Å²) in [6, 6.07) is 0. The first-order valence-corrected chi connectivity index (χ1v) is 1.73. The number of hydrogen-bond donors (Lipinski definition) is 0. The van der Waals surface area contributed by atoms with Gasteiger partial charge >= 0.3 is 0 Å². The number of hydrogen-bond acceptors (Lipinski definition) is 4. The molecule has 0 aromatic rings. The Labute approximate surface area is 81.2 Å². The largest absolute Gasteiger partial charge is 0.545 e. The molecule has 0 amide bonds. The van der Waals surface area contributed by atoms with Crippen LogP contribution < -0.4 is 10.2 Å². The van der Waals surface area contributed by atoms with Crippen LogP contribution in [0.25, 0.3) is 0 Å². The maximum atomic E-state index is 9.41. The van der Waals surface area contributed by atoms with Gasteiger partial charge in [0.25, 0.3) is 0 Å². The molecule has 0 bridgehead atoms. The van der Waals surface area contributed by atoms with Gasteiger partial charge in [0, 0.05) is 37.7 Å². The molecule has 0 aliphatic carbocycles. The van der Waals surface area contributed by atoms with E-state index in [1.807, 2.05) is 0 Å². The minimum atomic E-state index is -1.55. The maximum absolute atomic E-state index is 9.41. The van der Waals surface area contributed by atoms with E-state index < -0.39 is 11.9 Å². The zero-order valence-electron chi connectivity index (χ0n) is 4.49. The third kappa shape index (κ3) is 11.5. The number of carbonyl (C=O) groups excluding carboxylic acids is 2. The van der Waals surface area contributed by atoms with Gasteiger partial charge in [-0.05, 0) is 12.2 Å². The second-order valence-corrected chi connectivity index (χ2v) is 0.971. The van der Waals surface area contributed by atoms with Crippen LogP contribution >= 0.6 is 0 Å². The van der Waals surface area contributed by atoms with Crippen LogP contribution in [-0.4, -0.2) is 49.7 Å². The molecule has 5 heteroatoms. The van der Waals surface area contributed by atoms with E-state index in [0.717, 1.165) is 0 Å². The summed E-state index contributed by atoms with van der Waals surface area (Å²) in [4.78, 5) is 18.8. The van der Waals surface area contributed by atoms with Crippen LogP contribution in [0.2, 0.25) is 0 Å². The average molecular weight is 154 g/mol. The summed E-state index contributed by atoms with van der Waals surface area (Å²) in [7, 11) is 0. The third-order valence-corrected chi connectivity index (χ3v) is 0.355. The fraction of sp³-hybridized carbons (Fsp3) is 0. The molecule has 0 aromatic carbocycles. The molecule has 0 unspecified atom stereocenters. The molecular weight excluding hydrogens is 152 g/mol. The fourth-order valence-corrected chi connectivity index (χ4v) is 0.136. The van der Waals surface area contributed by atoms with Gasteiger partial charge in [-0.1, -0.05) is 0 Å². The third-order valence-electron chi connectivity index (χ3n) is 0.355. The first-order chi connectivity index (χ1) is 3.63. The fourth-order valence-electron chi connectivity index (χ4n) is 0.136. The van der Waals surface area contributed by atoms with Crippen molar-refractivity contribution >= 4 is 49.7 Å². The predicted molar refractivity (Wildman–Crippen MR) is 24.9 cm³/mol. The van der Waals surface area contributed by atoms with Gasteiger partial charge in [0.15, 0.2) is 0 Å². The van der Waals surface area contributed by atoms with Crippen molar-refractivity contribution < 1.29 is 19.8 Å². The second-order valence-electron chi connectivity index (χ2n) is 0.971. The quantitative estimate of drug-likeness (QED) is 0.307. The van der Waals surface area contributed by atoms with Crippen molar-refractivity contribution in [2.75, 3.05) is 0 Å². The van der Waals surface area contributed by atoms with E-state index in [9.17, 15) is 19.8 Å². The number of carboxylic acids is 2. The average Bonchev–Trinajstić information content (AvgIpc) is 1.61. The van der Waals surface area contributed by atoms with Crippen molar-refractivity contribution in [3.05, 3.63) is 12.2 Å². The van der Waals surface area contributed by atoms with Crippen molar-refractivity contribution in [3.63, 3.8) is 0 Å². The molecule has 0 fully saturated rings. The first-order valence-electron chi connectivity index (χ1n) is 1.73. The van der Waals surface area contributed by atoms with E-state index in [4.69, 9.17) is 0 Å². The molecule has 0 saturated heterocycles. The van der Waals surface area contributed by atoms with Crippen LogP contribution in [0.4, 0.5) is 0 Å². The van der Waals surface area contributed by atoms with Gasteiger partial charge in [0.05, 0.1) is 11.9 Å².